The zero-order valence-electron chi connectivity index (χ0n) is 1.62. The first-order chi connectivity index (χ1) is 0. The van der Waals surface area contributed by atoms with E-state index in [0.717, 1.165) is 0 Å². The van der Waals surface area contributed by atoms with Crippen molar-refractivity contribution >= 4 is 28.3 Å². The van der Waals surface area contributed by atoms with Gasteiger partial charge in [0, 0.05) is 37.5 Å². The number of hydrogen-bond donors (Lipinski definition) is 0. The van der Waals surface area contributed by atoms with Crippen LogP contribution in [0.3, 0.4) is 0 Å². The standard InChI is InChI=1S/Al.Cu.Pd.H3Si.3H/h;;;1H3;;;. The maximum Gasteiger partial charge on any atom is 0.187 e. The molecule has 0 fully saturated rings. The summed E-state index contributed by atoms with van der Waals surface area (Å²) in [4.78, 5) is 0. The van der Waals surface area contributed by atoms with Crippen molar-refractivity contribution in [2.45, 2.75) is 0 Å². The van der Waals surface area contributed by atoms with Crippen LogP contribution in [0.4, 0.5) is 0 Å². The van der Waals surface area contributed by atoms with Crippen LogP contribution in [0.5, 0.6) is 0 Å². The van der Waals surface area contributed by atoms with Gasteiger partial charge in [-0.05, 0) is 11.0 Å². The van der Waals surface area contributed by atoms with Gasteiger partial charge >= 0.3 is 0 Å². The summed E-state index contributed by atoms with van der Waals surface area (Å²) in [6.45, 7) is 0. The average Bonchev–Trinajstić information content (AvgIpc) is 0. The Morgan fingerprint density at radius 1 is 1.00 bits per heavy atom. The van der Waals surface area contributed by atoms with E-state index in [1.807, 2.05) is 0 Å². The Labute approximate surface area is 65.4 Å². The normalized spacial score (nSPS) is 0. The molecule has 0 unspecified atom stereocenters. The van der Waals surface area contributed by atoms with Crippen molar-refractivity contribution in [3.63, 3.8) is 0 Å². The fourth-order valence-corrected chi connectivity index (χ4v) is 0. The summed E-state index contributed by atoms with van der Waals surface area (Å²) in [5.41, 5.74) is 0. The summed E-state index contributed by atoms with van der Waals surface area (Å²) in [5, 5.41) is 0. The minimum atomic E-state index is 0. The van der Waals surface area contributed by atoms with Crippen molar-refractivity contribution in [3.8, 4) is 0 Å². The number of hydrogen-bond acceptors (Lipinski definition) is 0. The van der Waals surface area contributed by atoms with E-state index in [1.165, 1.54) is 0 Å². The molecular weight excluding hydrogens is 225 g/mol. The van der Waals surface area contributed by atoms with Crippen LogP contribution >= 0.6 is 0 Å². The van der Waals surface area contributed by atoms with E-state index in [0.29, 0.717) is 0 Å². The first-order valence-corrected chi connectivity index (χ1v) is 0. The van der Waals surface area contributed by atoms with Crippen LogP contribution < -0.4 is 0 Å². The predicted octanol–water partition coefficient (Wildman–Crippen LogP) is -2.37. The van der Waals surface area contributed by atoms with Crippen molar-refractivity contribution in [2.75, 3.05) is 0 Å². The minimum Gasteiger partial charge on any atom is -0.0125 e. The molecule has 0 aromatic carbocycles. The van der Waals surface area contributed by atoms with Gasteiger partial charge in [0.25, 0.3) is 0 Å². The van der Waals surface area contributed by atoms with Crippen LogP contribution in [0.25, 0.3) is 0 Å². The second kappa shape index (κ2) is 20.4. The third-order valence-electron chi connectivity index (χ3n) is 0. The molecule has 0 spiro atoms. The Bertz CT molecular complexity index is 8.00. The second-order valence-electron chi connectivity index (χ2n) is 0. The molecule has 4 heavy (non-hydrogen) atoms. The van der Waals surface area contributed by atoms with Crippen LogP contribution in [0.2, 0.25) is 0 Å². The molecule has 0 rings (SSSR count). The van der Waals surface area contributed by atoms with Crippen molar-refractivity contribution in [3.05, 3.63) is 0 Å². The molecule has 0 aliphatic rings. The molecule has 0 aromatic rings. The van der Waals surface area contributed by atoms with E-state index in [-0.39, 0.29) is 65.8 Å². The van der Waals surface area contributed by atoms with E-state index in [2.05, 4.69) is 0 Å². The largest absolute Gasteiger partial charge is 0.187 e. The Balaban J connectivity index is 0. The molecule has 0 aliphatic carbocycles. The maximum atomic E-state index is 0. The van der Waals surface area contributed by atoms with Gasteiger partial charge in [-0.3, -0.25) is 0 Å². The third-order valence-corrected chi connectivity index (χ3v) is 0. The fraction of sp³-hybridized carbons (Fsp3) is 0. The van der Waals surface area contributed by atoms with Gasteiger partial charge in [0.1, 0.15) is 0 Å². The Kier molecular flexibility index (Phi) is 198. The molecule has 0 saturated carbocycles. The molecule has 34 valence electrons. The Morgan fingerprint density at radius 2 is 1.00 bits per heavy atom. The van der Waals surface area contributed by atoms with Gasteiger partial charge in [-0.25, -0.2) is 0 Å². The van der Waals surface area contributed by atoms with Gasteiger partial charge in [0.2, 0.25) is 0 Å². The molecule has 0 amide bonds. The van der Waals surface area contributed by atoms with Gasteiger partial charge in [-0.2, -0.15) is 0 Å². The molecular formula is H6AlCuPdSi. The van der Waals surface area contributed by atoms with E-state index in [1.54, 1.807) is 0 Å². The summed E-state index contributed by atoms with van der Waals surface area (Å²) in [7, 11) is 0. The summed E-state index contributed by atoms with van der Waals surface area (Å²) < 4.78 is 0. The summed E-state index contributed by atoms with van der Waals surface area (Å²) in [6, 6.07) is 0. The molecule has 0 nitrogen and oxygen atoms in total. The van der Waals surface area contributed by atoms with E-state index in [9.17, 15) is 0 Å². The molecule has 0 saturated heterocycles. The molecule has 0 heterocycles. The predicted molar refractivity (Wildman–Crippen MR) is 19.9 cm³/mol. The molecule has 0 bridgehead atoms. The SMILES string of the molecule is [AlH3].[Cu].[Pd].[SiH3]. The molecule has 4 heteroatoms. The third kappa shape index (κ3) is 9.06. The Morgan fingerprint density at radius 3 is 1.00 bits per heavy atom. The molecule has 0 aliphatic heterocycles. The Hall–Kier alpha value is 1.93. The van der Waals surface area contributed by atoms with Crippen molar-refractivity contribution < 1.29 is 37.5 Å². The van der Waals surface area contributed by atoms with Crippen molar-refractivity contribution in [1.82, 2.24) is 0 Å². The molecule has 2 radical (unpaired) electrons. The van der Waals surface area contributed by atoms with Gasteiger partial charge in [-0.1, -0.05) is 0 Å². The zero-order chi connectivity index (χ0) is 0. The van der Waals surface area contributed by atoms with Crippen LogP contribution in [-0.2, 0) is 37.5 Å². The second-order valence-corrected chi connectivity index (χ2v) is 0. The van der Waals surface area contributed by atoms with E-state index in [4.69, 9.17) is 0 Å². The van der Waals surface area contributed by atoms with Gasteiger partial charge < -0.3 is 0 Å². The molecule has 0 aromatic heterocycles. The van der Waals surface area contributed by atoms with Crippen molar-refractivity contribution in [2.24, 2.45) is 0 Å². The molecule has 0 N–H and O–H groups in total. The van der Waals surface area contributed by atoms with Gasteiger partial charge in [0.05, 0.1) is 0 Å². The van der Waals surface area contributed by atoms with E-state index < -0.39 is 0 Å². The van der Waals surface area contributed by atoms with Gasteiger partial charge in [-0.15, -0.1) is 0 Å². The average molecular weight is 231 g/mol. The van der Waals surface area contributed by atoms with Crippen LogP contribution in [0.15, 0.2) is 0 Å². The first kappa shape index (κ1) is 38.7. The topological polar surface area (TPSA) is 0 Å². The quantitative estimate of drug-likeness (QED) is 0.409. The smallest absolute Gasteiger partial charge is 0.0125 e. The van der Waals surface area contributed by atoms with Crippen LogP contribution in [0, 0.1) is 0 Å². The van der Waals surface area contributed by atoms with Crippen LogP contribution in [-0.4, -0.2) is 28.3 Å². The minimum absolute atomic E-state index is 0. The zero-order valence-corrected chi connectivity index (χ0v) is 6.11. The first-order valence-electron chi connectivity index (χ1n) is 0. The summed E-state index contributed by atoms with van der Waals surface area (Å²) >= 11 is 0. The van der Waals surface area contributed by atoms with Crippen molar-refractivity contribution in [1.29, 1.82) is 0 Å². The van der Waals surface area contributed by atoms with E-state index >= 15 is 0 Å². The molecule has 0 atom stereocenters. The van der Waals surface area contributed by atoms with Crippen LogP contribution in [0.1, 0.15) is 0 Å². The monoisotopic (exact) mass is 230 g/mol. The fourth-order valence-electron chi connectivity index (χ4n) is 0. The maximum absolute atomic E-state index is 0. The number of rotatable bonds is 0. The summed E-state index contributed by atoms with van der Waals surface area (Å²) in [6.07, 6.45) is 0. The van der Waals surface area contributed by atoms with Gasteiger partial charge in [0.15, 0.2) is 17.4 Å². The summed E-state index contributed by atoms with van der Waals surface area (Å²) in [5.74, 6) is 0.